The molecule has 1 N–H and O–H groups in total. The van der Waals surface area contributed by atoms with Crippen LogP contribution >= 0.6 is 0 Å². The van der Waals surface area contributed by atoms with Crippen molar-refractivity contribution in [2.24, 2.45) is 0 Å². The van der Waals surface area contributed by atoms with Crippen molar-refractivity contribution in [2.75, 3.05) is 7.11 Å². The zero-order valence-electron chi connectivity index (χ0n) is 17.3. The maximum atomic E-state index is 12.8. The highest BCUT2D eigenvalue weighted by molar-refractivity contribution is 5.81. The summed E-state index contributed by atoms with van der Waals surface area (Å²) in [6.45, 7) is 10.1. The van der Waals surface area contributed by atoms with Gasteiger partial charge in [0.1, 0.15) is 11.5 Å². The van der Waals surface area contributed by atoms with E-state index in [1.807, 2.05) is 52.0 Å². The van der Waals surface area contributed by atoms with Crippen LogP contribution in [0.3, 0.4) is 0 Å². The Kier molecular flexibility index (Phi) is 7.28. The Morgan fingerprint density at radius 2 is 1.67 bits per heavy atom. The molecule has 2 rings (SSSR count). The van der Waals surface area contributed by atoms with E-state index in [1.165, 1.54) is 0 Å². The van der Waals surface area contributed by atoms with Crippen LogP contribution in [-0.2, 0) is 4.79 Å². The first-order valence-corrected chi connectivity index (χ1v) is 9.57. The van der Waals surface area contributed by atoms with E-state index in [0.717, 1.165) is 40.2 Å². The van der Waals surface area contributed by atoms with Gasteiger partial charge < -0.3 is 14.8 Å². The largest absolute Gasteiger partial charge is 0.496 e. The summed E-state index contributed by atoms with van der Waals surface area (Å²) in [6.07, 6.45) is 0.897. The summed E-state index contributed by atoms with van der Waals surface area (Å²) in [4.78, 5) is 12.8. The second-order valence-corrected chi connectivity index (χ2v) is 7.04. The number of hydrogen-bond acceptors (Lipinski definition) is 3. The van der Waals surface area contributed by atoms with E-state index in [-0.39, 0.29) is 11.9 Å². The molecule has 0 aromatic heterocycles. The molecule has 2 aromatic carbocycles. The van der Waals surface area contributed by atoms with Crippen LogP contribution in [0.2, 0.25) is 0 Å². The standard InChI is InChI=1S/C23H31NO3/c1-7-20(18-9-10-22(26-6)17(5)14-18)24-23(25)21(8-2)27-19-12-15(3)11-16(4)13-19/h9-14,20-21H,7-8H2,1-6H3,(H,24,25)/t20-,21-/m1/s1. The van der Waals surface area contributed by atoms with Crippen molar-refractivity contribution < 1.29 is 14.3 Å². The van der Waals surface area contributed by atoms with Crippen molar-refractivity contribution in [1.29, 1.82) is 0 Å². The number of carbonyl (C=O) groups is 1. The van der Waals surface area contributed by atoms with Gasteiger partial charge in [0.2, 0.25) is 0 Å². The molecule has 4 heteroatoms. The molecule has 2 aromatic rings. The Balaban J connectivity index is 2.12. The van der Waals surface area contributed by atoms with E-state index in [9.17, 15) is 4.79 Å². The highest BCUT2D eigenvalue weighted by atomic mass is 16.5. The number of nitrogens with one attached hydrogen (secondary N) is 1. The maximum Gasteiger partial charge on any atom is 0.261 e. The summed E-state index contributed by atoms with van der Waals surface area (Å²) < 4.78 is 11.3. The Labute approximate surface area is 162 Å². The van der Waals surface area contributed by atoms with Gasteiger partial charge in [0, 0.05) is 0 Å². The molecule has 1 amide bonds. The second-order valence-electron chi connectivity index (χ2n) is 7.04. The number of ether oxygens (including phenoxy) is 2. The van der Waals surface area contributed by atoms with Gasteiger partial charge in [-0.2, -0.15) is 0 Å². The molecule has 0 aliphatic carbocycles. The number of methoxy groups -OCH3 is 1. The molecule has 0 radical (unpaired) electrons. The third-order valence-electron chi connectivity index (χ3n) is 4.68. The van der Waals surface area contributed by atoms with Gasteiger partial charge in [0.25, 0.3) is 5.91 Å². The zero-order chi connectivity index (χ0) is 20.0. The molecule has 0 saturated carbocycles. The first-order valence-electron chi connectivity index (χ1n) is 9.57. The van der Waals surface area contributed by atoms with Crippen LogP contribution in [0.1, 0.15) is 55.0 Å². The lowest BCUT2D eigenvalue weighted by Gasteiger charge is -2.23. The molecule has 0 aliphatic heterocycles. The molecule has 146 valence electrons. The molecule has 0 spiro atoms. The molecule has 0 aliphatic rings. The third kappa shape index (κ3) is 5.49. The Morgan fingerprint density at radius 1 is 1.00 bits per heavy atom. The summed E-state index contributed by atoms with van der Waals surface area (Å²) >= 11 is 0. The molecule has 0 bridgehead atoms. The van der Waals surface area contributed by atoms with Crippen LogP contribution in [0.5, 0.6) is 11.5 Å². The van der Waals surface area contributed by atoms with E-state index < -0.39 is 6.10 Å². The van der Waals surface area contributed by atoms with E-state index in [1.54, 1.807) is 7.11 Å². The third-order valence-corrected chi connectivity index (χ3v) is 4.68. The van der Waals surface area contributed by atoms with Crippen LogP contribution in [0.25, 0.3) is 0 Å². The highest BCUT2D eigenvalue weighted by Crippen LogP contribution is 2.25. The average Bonchev–Trinajstić information content (AvgIpc) is 2.63. The number of hydrogen-bond donors (Lipinski definition) is 1. The molecule has 0 unspecified atom stereocenters. The lowest BCUT2D eigenvalue weighted by Crippen LogP contribution is -2.40. The lowest BCUT2D eigenvalue weighted by atomic mass is 10.0. The minimum absolute atomic E-state index is 0.0565. The van der Waals surface area contributed by atoms with Crippen molar-refractivity contribution >= 4 is 5.91 Å². The van der Waals surface area contributed by atoms with Crippen LogP contribution in [-0.4, -0.2) is 19.1 Å². The first kappa shape index (κ1) is 20.8. The van der Waals surface area contributed by atoms with Gasteiger partial charge in [0.15, 0.2) is 6.10 Å². The molecular weight excluding hydrogens is 338 g/mol. The number of aryl methyl sites for hydroxylation is 3. The van der Waals surface area contributed by atoms with Crippen molar-refractivity contribution in [3.8, 4) is 11.5 Å². The van der Waals surface area contributed by atoms with Gasteiger partial charge in [0.05, 0.1) is 13.2 Å². The zero-order valence-corrected chi connectivity index (χ0v) is 17.3. The second kappa shape index (κ2) is 9.45. The van der Waals surface area contributed by atoms with Crippen LogP contribution in [0.15, 0.2) is 36.4 Å². The molecule has 0 heterocycles. The molecule has 2 atom stereocenters. The summed E-state index contributed by atoms with van der Waals surface area (Å²) in [5, 5.41) is 3.14. The van der Waals surface area contributed by atoms with Crippen molar-refractivity contribution in [1.82, 2.24) is 5.32 Å². The summed E-state index contributed by atoms with van der Waals surface area (Å²) in [7, 11) is 1.66. The maximum absolute atomic E-state index is 12.8. The van der Waals surface area contributed by atoms with Crippen LogP contribution < -0.4 is 14.8 Å². The molecule has 0 saturated heterocycles. The number of carbonyl (C=O) groups excluding carboxylic acids is 1. The van der Waals surface area contributed by atoms with E-state index >= 15 is 0 Å². The van der Waals surface area contributed by atoms with Crippen molar-refractivity contribution in [3.63, 3.8) is 0 Å². The first-order chi connectivity index (χ1) is 12.9. The van der Waals surface area contributed by atoms with Gasteiger partial charge in [-0.15, -0.1) is 0 Å². The Hall–Kier alpha value is -2.49. The number of amides is 1. The summed E-state index contributed by atoms with van der Waals surface area (Å²) in [5.74, 6) is 1.50. The minimum atomic E-state index is -0.514. The molecule has 4 nitrogen and oxygen atoms in total. The van der Waals surface area contributed by atoms with Gasteiger partial charge in [-0.3, -0.25) is 4.79 Å². The van der Waals surface area contributed by atoms with Gasteiger partial charge in [-0.25, -0.2) is 0 Å². The van der Waals surface area contributed by atoms with E-state index in [0.29, 0.717) is 6.42 Å². The van der Waals surface area contributed by atoms with Gasteiger partial charge >= 0.3 is 0 Å². The van der Waals surface area contributed by atoms with Crippen LogP contribution in [0.4, 0.5) is 0 Å². The summed E-state index contributed by atoms with van der Waals surface area (Å²) in [6, 6.07) is 12.0. The number of benzene rings is 2. The highest BCUT2D eigenvalue weighted by Gasteiger charge is 2.22. The minimum Gasteiger partial charge on any atom is -0.496 e. The Morgan fingerprint density at radius 3 is 2.19 bits per heavy atom. The fourth-order valence-electron chi connectivity index (χ4n) is 3.29. The Bertz CT molecular complexity index is 765. The topological polar surface area (TPSA) is 47.6 Å². The van der Waals surface area contributed by atoms with Crippen molar-refractivity contribution in [2.45, 2.75) is 59.6 Å². The monoisotopic (exact) mass is 369 g/mol. The smallest absolute Gasteiger partial charge is 0.261 e. The molecular formula is C23H31NO3. The van der Waals surface area contributed by atoms with Gasteiger partial charge in [-0.1, -0.05) is 32.0 Å². The quantitative estimate of drug-likeness (QED) is 0.709. The van der Waals surface area contributed by atoms with E-state index in [2.05, 4.69) is 24.4 Å². The summed E-state index contributed by atoms with van der Waals surface area (Å²) in [5.41, 5.74) is 4.38. The van der Waals surface area contributed by atoms with Crippen molar-refractivity contribution in [3.05, 3.63) is 58.7 Å². The average molecular weight is 370 g/mol. The predicted octanol–water partition coefficient (Wildman–Crippen LogP) is 5.05. The molecule has 0 fully saturated rings. The predicted molar refractivity (Wildman–Crippen MR) is 110 cm³/mol. The fraction of sp³-hybridized carbons (Fsp3) is 0.435. The SMILES string of the molecule is CC[C@@H](Oc1cc(C)cc(C)c1)C(=O)N[C@H](CC)c1ccc(OC)c(C)c1. The molecule has 27 heavy (non-hydrogen) atoms. The normalized spacial score (nSPS) is 13.0. The number of rotatable bonds is 8. The van der Waals surface area contributed by atoms with E-state index in [4.69, 9.17) is 9.47 Å². The lowest BCUT2D eigenvalue weighted by molar-refractivity contribution is -0.128. The van der Waals surface area contributed by atoms with Crippen LogP contribution in [0, 0.1) is 20.8 Å². The fourth-order valence-corrected chi connectivity index (χ4v) is 3.29. The van der Waals surface area contributed by atoms with Gasteiger partial charge in [-0.05, 0) is 74.1 Å².